The van der Waals surface area contributed by atoms with E-state index >= 15 is 0 Å². The summed E-state index contributed by atoms with van der Waals surface area (Å²) < 4.78 is 0. The van der Waals surface area contributed by atoms with Gasteiger partial charge in [0.1, 0.15) is 0 Å². The Bertz CT molecular complexity index is 459. The fraction of sp³-hybridized carbons (Fsp3) is 0.308. The zero-order valence-corrected chi connectivity index (χ0v) is 8.55. The molecule has 3 rings (SSSR count). The first-order chi connectivity index (χ1) is 7.36. The average molecular weight is 199 g/mol. The van der Waals surface area contributed by atoms with Crippen LogP contribution in [0.15, 0.2) is 29.8 Å². The number of carbonyl (C=O) groups is 1. The third-order valence-electron chi connectivity index (χ3n) is 3.20. The molecule has 2 nitrogen and oxygen atoms in total. The van der Waals surface area contributed by atoms with Crippen molar-refractivity contribution in [2.24, 2.45) is 0 Å². The van der Waals surface area contributed by atoms with E-state index in [1.54, 1.807) is 0 Å². The van der Waals surface area contributed by atoms with Crippen LogP contribution in [-0.2, 0) is 4.79 Å². The molecule has 1 heterocycles. The molecular formula is C13H13NO. The predicted octanol–water partition coefficient (Wildman–Crippen LogP) is 2.62. The molecule has 0 amide bonds. The minimum Gasteiger partial charge on any atom is -0.381 e. The van der Waals surface area contributed by atoms with E-state index in [-0.39, 0.29) is 0 Å². The summed E-state index contributed by atoms with van der Waals surface area (Å²) in [4.78, 5) is 11.9. The van der Waals surface area contributed by atoms with E-state index < -0.39 is 0 Å². The molecule has 1 N–H and O–H groups in total. The number of hydrogen-bond donors (Lipinski definition) is 1. The van der Waals surface area contributed by atoms with E-state index in [0.29, 0.717) is 12.2 Å². The van der Waals surface area contributed by atoms with Crippen LogP contribution >= 0.6 is 0 Å². The summed E-state index contributed by atoms with van der Waals surface area (Å²) in [5, 5.41) is 3.37. The number of ketones is 1. The van der Waals surface area contributed by atoms with Gasteiger partial charge in [-0.15, -0.1) is 0 Å². The third kappa shape index (κ3) is 1.29. The molecule has 1 aromatic rings. The first kappa shape index (κ1) is 8.72. The van der Waals surface area contributed by atoms with Crippen molar-refractivity contribution < 1.29 is 4.79 Å². The van der Waals surface area contributed by atoms with Crippen LogP contribution in [0.5, 0.6) is 0 Å². The Hall–Kier alpha value is -1.57. The number of allylic oxidation sites excluding steroid dienone is 1. The van der Waals surface area contributed by atoms with Crippen LogP contribution in [0.3, 0.4) is 0 Å². The zero-order chi connectivity index (χ0) is 10.3. The maximum atomic E-state index is 11.9. The Morgan fingerprint density at radius 3 is 2.93 bits per heavy atom. The number of benzene rings is 1. The fourth-order valence-electron chi connectivity index (χ4n) is 2.48. The third-order valence-corrected chi connectivity index (χ3v) is 3.20. The summed E-state index contributed by atoms with van der Waals surface area (Å²) in [5.74, 6) is 0.324. The van der Waals surface area contributed by atoms with Crippen LogP contribution in [0.25, 0.3) is 5.57 Å². The Balaban J connectivity index is 2.20. The van der Waals surface area contributed by atoms with Crippen molar-refractivity contribution >= 4 is 17.0 Å². The lowest BCUT2D eigenvalue weighted by Crippen LogP contribution is -2.21. The molecule has 0 atom stereocenters. The van der Waals surface area contributed by atoms with Gasteiger partial charge in [0.05, 0.1) is 0 Å². The number of fused-ring (bicyclic) bond motifs is 2. The maximum Gasteiger partial charge on any atom is 0.163 e. The van der Waals surface area contributed by atoms with E-state index in [0.717, 1.165) is 36.2 Å². The number of hydrogen-bond acceptors (Lipinski definition) is 2. The lowest BCUT2D eigenvalue weighted by Gasteiger charge is -2.27. The van der Waals surface area contributed by atoms with Gasteiger partial charge in [0.2, 0.25) is 0 Å². The first-order valence-electron chi connectivity index (χ1n) is 5.45. The number of Topliss-reactive ketones (excluding diaryl/α,β-unsaturated/α-hetero) is 1. The molecule has 0 radical (unpaired) electrons. The highest BCUT2D eigenvalue weighted by Gasteiger charge is 2.26. The van der Waals surface area contributed by atoms with Gasteiger partial charge in [-0.05, 0) is 24.5 Å². The van der Waals surface area contributed by atoms with Crippen molar-refractivity contribution in [3.8, 4) is 0 Å². The Labute approximate surface area is 89.0 Å². The molecule has 0 bridgehead atoms. The second-order valence-corrected chi connectivity index (χ2v) is 4.15. The molecular weight excluding hydrogens is 186 g/mol. The zero-order valence-electron chi connectivity index (χ0n) is 8.55. The summed E-state index contributed by atoms with van der Waals surface area (Å²) in [6, 6.07) is 8.09. The van der Waals surface area contributed by atoms with Crippen molar-refractivity contribution in [3.05, 3.63) is 35.4 Å². The molecule has 0 aromatic heterocycles. The highest BCUT2D eigenvalue weighted by atomic mass is 16.1. The Kier molecular flexibility index (Phi) is 1.88. The second-order valence-electron chi connectivity index (χ2n) is 4.15. The molecule has 2 heteroatoms. The van der Waals surface area contributed by atoms with Crippen molar-refractivity contribution in [3.63, 3.8) is 0 Å². The molecule has 1 aliphatic carbocycles. The van der Waals surface area contributed by atoms with Gasteiger partial charge >= 0.3 is 0 Å². The number of rotatable bonds is 0. The van der Waals surface area contributed by atoms with E-state index in [2.05, 4.69) is 5.32 Å². The van der Waals surface area contributed by atoms with E-state index in [1.165, 1.54) is 5.57 Å². The lowest BCUT2D eigenvalue weighted by atomic mass is 9.83. The number of carbonyl (C=O) groups excluding carboxylic acids is 1. The molecule has 1 aliphatic heterocycles. The van der Waals surface area contributed by atoms with Gasteiger partial charge in [0, 0.05) is 29.8 Å². The number of nitrogens with one attached hydrogen (secondary N) is 1. The van der Waals surface area contributed by atoms with Crippen molar-refractivity contribution in [2.75, 3.05) is 11.9 Å². The van der Waals surface area contributed by atoms with Gasteiger partial charge in [-0.3, -0.25) is 4.79 Å². The van der Waals surface area contributed by atoms with Crippen molar-refractivity contribution in [1.29, 1.82) is 0 Å². The highest BCUT2D eigenvalue weighted by molar-refractivity contribution is 6.24. The van der Waals surface area contributed by atoms with Crippen LogP contribution in [-0.4, -0.2) is 12.3 Å². The average Bonchev–Trinajstić information content (AvgIpc) is 2.29. The summed E-state index contributed by atoms with van der Waals surface area (Å²) >= 11 is 0. The van der Waals surface area contributed by atoms with E-state index in [1.807, 2.05) is 24.3 Å². The van der Waals surface area contributed by atoms with Gasteiger partial charge in [-0.1, -0.05) is 18.2 Å². The van der Waals surface area contributed by atoms with Crippen LogP contribution in [0.2, 0.25) is 0 Å². The molecule has 0 saturated carbocycles. The van der Waals surface area contributed by atoms with Crippen molar-refractivity contribution in [2.45, 2.75) is 19.3 Å². The molecule has 2 aliphatic rings. The van der Waals surface area contributed by atoms with Gasteiger partial charge in [0.15, 0.2) is 5.78 Å². The smallest absolute Gasteiger partial charge is 0.163 e. The Morgan fingerprint density at radius 2 is 2.00 bits per heavy atom. The molecule has 0 spiro atoms. The van der Waals surface area contributed by atoms with Crippen LogP contribution in [0, 0.1) is 0 Å². The SMILES string of the molecule is O=C1CCCC2=C1c1ccccc1NC2. The second kappa shape index (κ2) is 3.23. The Morgan fingerprint density at radius 1 is 1.13 bits per heavy atom. The summed E-state index contributed by atoms with van der Waals surface area (Å²) in [6.45, 7) is 0.845. The predicted molar refractivity (Wildman–Crippen MR) is 60.7 cm³/mol. The molecule has 1 aromatic carbocycles. The molecule has 76 valence electrons. The van der Waals surface area contributed by atoms with Crippen LogP contribution < -0.4 is 5.32 Å². The van der Waals surface area contributed by atoms with E-state index in [9.17, 15) is 4.79 Å². The van der Waals surface area contributed by atoms with Gasteiger partial charge in [0.25, 0.3) is 0 Å². The molecule has 0 unspecified atom stereocenters. The van der Waals surface area contributed by atoms with Gasteiger partial charge in [-0.25, -0.2) is 0 Å². The molecule has 0 saturated heterocycles. The number of anilines is 1. The van der Waals surface area contributed by atoms with Gasteiger partial charge < -0.3 is 5.32 Å². The first-order valence-corrected chi connectivity index (χ1v) is 5.45. The molecule has 0 fully saturated rings. The largest absolute Gasteiger partial charge is 0.381 e. The maximum absolute atomic E-state index is 11.9. The monoisotopic (exact) mass is 199 g/mol. The topological polar surface area (TPSA) is 29.1 Å². The molecule has 15 heavy (non-hydrogen) atoms. The van der Waals surface area contributed by atoms with Crippen molar-refractivity contribution in [1.82, 2.24) is 0 Å². The summed E-state index contributed by atoms with van der Waals surface area (Å²) in [6.07, 6.45) is 2.80. The minimum atomic E-state index is 0.324. The van der Waals surface area contributed by atoms with Gasteiger partial charge in [-0.2, -0.15) is 0 Å². The lowest BCUT2D eigenvalue weighted by molar-refractivity contribution is -0.114. The highest BCUT2D eigenvalue weighted by Crippen LogP contribution is 2.36. The quantitative estimate of drug-likeness (QED) is 0.696. The van der Waals surface area contributed by atoms with Crippen LogP contribution in [0.4, 0.5) is 5.69 Å². The number of para-hydroxylation sites is 1. The minimum absolute atomic E-state index is 0.324. The van der Waals surface area contributed by atoms with Crippen LogP contribution in [0.1, 0.15) is 24.8 Å². The standard InChI is InChI=1S/C13H13NO/c15-12-7-3-4-9-8-14-11-6-2-1-5-10(11)13(9)12/h1-2,5-6,14H,3-4,7-8H2. The summed E-state index contributed by atoms with van der Waals surface area (Å²) in [5.41, 5.74) is 4.50. The summed E-state index contributed by atoms with van der Waals surface area (Å²) in [7, 11) is 0. The normalized spacial score (nSPS) is 19.3. The fourth-order valence-corrected chi connectivity index (χ4v) is 2.48. The van der Waals surface area contributed by atoms with E-state index in [4.69, 9.17) is 0 Å².